The number of rotatable bonds is 8. The lowest BCUT2D eigenvalue weighted by molar-refractivity contribution is 0.274. The van der Waals surface area contributed by atoms with Gasteiger partial charge in [0.25, 0.3) is 0 Å². The Balaban J connectivity index is 1.43. The molecule has 2 fully saturated rings. The first-order valence-electron chi connectivity index (χ1n) is 7.46. The Hall–Kier alpha value is 0.270. The smallest absolute Gasteiger partial charge is 0.0172 e. The molecule has 0 spiro atoms. The van der Waals surface area contributed by atoms with Crippen LogP contribution in [-0.2, 0) is 0 Å². The maximum Gasteiger partial charge on any atom is 0.0172 e. The lowest BCUT2D eigenvalue weighted by atomic mass is 10.2. The molecule has 1 saturated heterocycles. The van der Waals surface area contributed by atoms with Crippen LogP contribution in [0, 0.1) is 0 Å². The van der Waals surface area contributed by atoms with Gasteiger partial charge in [-0.1, -0.05) is 13.3 Å². The van der Waals surface area contributed by atoms with E-state index in [4.69, 9.17) is 0 Å². The van der Waals surface area contributed by atoms with Crippen molar-refractivity contribution in [3.05, 3.63) is 0 Å². The standard InChI is InChI=1S/C14H28N2S/c1-2-14-12-16(10-11-17-14)9-5-3-4-8-15-13-6-7-13/h13-15H,2-12H2,1H3. The molecule has 2 rings (SSSR count). The Morgan fingerprint density at radius 2 is 2.12 bits per heavy atom. The fraction of sp³-hybridized carbons (Fsp3) is 1.00. The molecule has 1 heterocycles. The molecule has 1 unspecified atom stereocenters. The number of nitrogens with one attached hydrogen (secondary N) is 1. The molecule has 0 aromatic heterocycles. The van der Waals surface area contributed by atoms with Gasteiger partial charge in [0.05, 0.1) is 0 Å². The Kier molecular flexibility index (Phi) is 6.16. The van der Waals surface area contributed by atoms with Crippen molar-refractivity contribution in [2.24, 2.45) is 0 Å². The maximum absolute atomic E-state index is 3.59. The van der Waals surface area contributed by atoms with Crippen molar-refractivity contribution in [1.82, 2.24) is 10.2 Å². The van der Waals surface area contributed by atoms with Gasteiger partial charge in [-0.25, -0.2) is 0 Å². The Morgan fingerprint density at radius 3 is 2.88 bits per heavy atom. The minimum absolute atomic E-state index is 0.888. The first kappa shape index (κ1) is 13.7. The van der Waals surface area contributed by atoms with Crippen molar-refractivity contribution in [2.45, 2.75) is 56.7 Å². The van der Waals surface area contributed by atoms with Gasteiger partial charge in [-0.3, -0.25) is 0 Å². The summed E-state index contributed by atoms with van der Waals surface area (Å²) < 4.78 is 0. The largest absolute Gasteiger partial charge is 0.314 e. The minimum Gasteiger partial charge on any atom is -0.314 e. The van der Waals surface area contributed by atoms with Gasteiger partial charge in [0, 0.05) is 30.1 Å². The van der Waals surface area contributed by atoms with Crippen LogP contribution in [0.5, 0.6) is 0 Å². The third-order valence-electron chi connectivity index (χ3n) is 3.84. The molecular weight excluding hydrogens is 228 g/mol. The van der Waals surface area contributed by atoms with Gasteiger partial charge in [-0.15, -0.1) is 0 Å². The molecule has 100 valence electrons. The van der Waals surface area contributed by atoms with E-state index in [2.05, 4.69) is 28.9 Å². The quantitative estimate of drug-likeness (QED) is 0.672. The van der Waals surface area contributed by atoms with Gasteiger partial charge < -0.3 is 10.2 Å². The molecule has 1 N–H and O–H groups in total. The molecule has 0 aromatic carbocycles. The molecule has 2 aliphatic rings. The zero-order chi connectivity index (χ0) is 11.9. The number of nitrogens with zero attached hydrogens (tertiary/aromatic N) is 1. The number of hydrogen-bond acceptors (Lipinski definition) is 3. The van der Waals surface area contributed by atoms with E-state index in [9.17, 15) is 0 Å². The summed E-state index contributed by atoms with van der Waals surface area (Å²) in [6, 6.07) is 0.888. The molecule has 3 heteroatoms. The predicted molar refractivity (Wildman–Crippen MR) is 77.9 cm³/mol. The molecule has 17 heavy (non-hydrogen) atoms. The molecular formula is C14H28N2S. The molecule has 0 radical (unpaired) electrons. The van der Waals surface area contributed by atoms with Crippen molar-refractivity contribution in [3.63, 3.8) is 0 Å². The minimum atomic E-state index is 0.888. The van der Waals surface area contributed by atoms with Crippen molar-refractivity contribution >= 4 is 11.8 Å². The summed E-state index contributed by atoms with van der Waals surface area (Å²) >= 11 is 2.17. The van der Waals surface area contributed by atoms with E-state index >= 15 is 0 Å². The van der Waals surface area contributed by atoms with Crippen LogP contribution in [0.15, 0.2) is 0 Å². The molecule has 1 atom stereocenters. The monoisotopic (exact) mass is 256 g/mol. The van der Waals surface area contributed by atoms with Gasteiger partial charge >= 0.3 is 0 Å². The molecule has 1 aliphatic heterocycles. The fourth-order valence-electron chi connectivity index (χ4n) is 2.46. The van der Waals surface area contributed by atoms with Gasteiger partial charge in [0.15, 0.2) is 0 Å². The van der Waals surface area contributed by atoms with Crippen molar-refractivity contribution in [3.8, 4) is 0 Å². The third kappa shape index (κ3) is 5.62. The average molecular weight is 256 g/mol. The van der Waals surface area contributed by atoms with E-state index in [1.165, 1.54) is 70.5 Å². The summed E-state index contributed by atoms with van der Waals surface area (Å²) in [5, 5.41) is 4.50. The molecule has 1 aliphatic carbocycles. The van der Waals surface area contributed by atoms with E-state index < -0.39 is 0 Å². The summed E-state index contributed by atoms with van der Waals surface area (Å²) in [7, 11) is 0. The number of hydrogen-bond donors (Lipinski definition) is 1. The summed E-state index contributed by atoms with van der Waals surface area (Å²) in [6.07, 6.45) is 8.35. The van der Waals surface area contributed by atoms with Gasteiger partial charge in [-0.2, -0.15) is 11.8 Å². The highest BCUT2D eigenvalue weighted by atomic mass is 32.2. The normalized spacial score (nSPS) is 26.3. The topological polar surface area (TPSA) is 15.3 Å². The van der Waals surface area contributed by atoms with Crippen molar-refractivity contribution in [2.75, 3.05) is 31.9 Å². The highest BCUT2D eigenvalue weighted by Gasteiger charge is 2.20. The first-order valence-corrected chi connectivity index (χ1v) is 8.50. The predicted octanol–water partition coefficient (Wildman–Crippen LogP) is 2.74. The third-order valence-corrected chi connectivity index (χ3v) is 5.21. The summed E-state index contributed by atoms with van der Waals surface area (Å²) in [4.78, 5) is 2.68. The lowest BCUT2D eigenvalue weighted by Crippen LogP contribution is -2.38. The lowest BCUT2D eigenvalue weighted by Gasteiger charge is -2.31. The summed E-state index contributed by atoms with van der Waals surface area (Å²) in [6.45, 7) is 7.56. The number of thioether (sulfide) groups is 1. The van der Waals surface area contributed by atoms with Crippen LogP contribution in [0.25, 0.3) is 0 Å². The fourth-order valence-corrected chi connectivity index (χ4v) is 3.71. The summed E-state index contributed by atoms with van der Waals surface area (Å²) in [5.41, 5.74) is 0. The molecule has 2 nitrogen and oxygen atoms in total. The van der Waals surface area contributed by atoms with Crippen LogP contribution in [0.4, 0.5) is 0 Å². The highest BCUT2D eigenvalue weighted by molar-refractivity contribution is 8.00. The Morgan fingerprint density at radius 1 is 1.24 bits per heavy atom. The Bertz CT molecular complexity index is 206. The van der Waals surface area contributed by atoms with Crippen molar-refractivity contribution < 1.29 is 0 Å². The van der Waals surface area contributed by atoms with E-state index in [0.717, 1.165) is 11.3 Å². The van der Waals surface area contributed by atoms with Gasteiger partial charge in [0.2, 0.25) is 0 Å². The SMILES string of the molecule is CCC1CN(CCCCCNC2CC2)CCS1. The zero-order valence-electron chi connectivity index (χ0n) is 11.3. The molecule has 0 bridgehead atoms. The van der Waals surface area contributed by atoms with Crippen LogP contribution in [-0.4, -0.2) is 48.1 Å². The zero-order valence-corrected chi connectivity index (χ0v) is 12.1. The van der Waals surface area contributed by atoms with Gasteiger partial charge in [-0.05, 0) is 45.2 Å². The van der Waals surface area contributed by atoms with E-state index in [1.807, 2.05) is 0 Å². The number of unbranched alkanes of at least 4 members (excludes halogenated alkanes) is 2. The molecule has 1 saturated carbocycles. The summed E-state index contributed by atoms with van der Waals surface area (Å²) in [5.74, 6) is 1.35. The molecule has 0 amide bonds. The van der Waals surface area contributed by atoms with E-state index in [0.29, 0.717) is 0 Å². The van der Waals surface area contributed by atoms with Crippen molar-refractivity contribution in [1.29, 1.82) is 0 Å². The Labute approximate surface area is 111 Å². The van der Waals surface area contributed by atoms with Crippen LogP contribution in [0.2, 0.25) is 0 Å². The average Bonchev–Trinajstić information content (AvgIpc) is 3.18. The maximum atomic E-state index is 3.59. The van der Waals surface area contributed by atoms with Gasteiger partial charge in [0.1, 0.15) is 0 Å². The van der Waals surface area contributed by atoms with Crippen LogP contribution in [0.3, 0.4) is 0 Å². The second-order valence-corrected chi connectivity index (χ2v) is 6.90. The second kappa shape index (κ2) is 7.65. The first-order chi connectivity index (χ1) is 8.38. The molecule has 0 aromatic rings. The van der Waals surface area contributed by atoms with Crippen LogP contribution >= 0.6 is 11.8 Å². The van der Waals surface area contributed by atoms with E-state index in [1.54, 1.807) is 0 Å². The highest BCUT2D eigenvalue weighted by Crippen LogP contribution is 2.21. The van der Waals surface area contributed by atoms with E-state index in [-0.39, 0.29) is 0 Å². The van der Waals surface area contributed by atoms with Crippen LogP contribution in [0.1, 0.15) is 45.4 Å². The van der Waals surface area contributed by atoms with Crippen LogP contribution < -0.4 is 5.32 Å². The second-order valence-electron chi connectivity index (χ2n) is 5.49.